The zero-order valence-electron chi connectivity index (χ0n) is 16.6. The molecule has 2 N–H and O–H groups in total. The fourth-order valence-corrected chi connectivity index (χ4v) is 2.58. The molecule has 0 spiro atoms. The lowest BCUT2D eigenvalue weighted by molar-refractivity contribution is 0.110. The van der Waals surface area contributed by atoms with Crippen LogP contribution in [0, 0.1) is 6.92 Å². The molecule has 1 aromatic heterocycles. The lowest BCUT2D eigenvalue weighted by atomic mass is 10.1. The third-order valence-electron chi connectivity index (χ3n) is 4.00. The number of rotatable bonds is 11. The van der Waals surface area contributed by atoms with Gasteiger partial charge in [-0.25, -0.2) is 0 Å². The molecule has 0 fully saturated rings. The van der Waals surface area contributed by atoms with Crippen molar-refractivity contribution in [1.82, 2.24) is 20.4 Å². The fourth-order valence-electron chi connectivity index (χ4n) is 2.58. The molecule has 0 amide bonds. The van der Waals surface area contributed by atoms with E-state index in [1.807, 2.05) is 23.9 Å². The number of aryl methyl sites for hydroxylation is 2. The molecule has 0 aliphatic carbocycles. The molecule has 0 radical (unpaired) electrons. The third kappa shape index (κ3) is 7.70. The van der Waals surface area contributed by atoms with Crippen LogP contribution in [-0.2, 0) is 17.8 Å². The van der Waals surface area contributed by atoms with Gasteiger partial charge in [0.2, 0.25) is 0 Å². The van der Waals surface area contributed by atoms with Crippen LogP contribution in [-0.4, -0.2) is 49.2 Å². The number of hydrogen-bond acceptors (Lipinski definition) is 4. The van der Waals surface area contributed by atoms with Crippen LogP contribution in [0.3, 0.4) is 0 Å². The van der Waals surface area contributed by atoms with E-state index in [2.05, 4.69) is 45.8 Å². The fraction of sp³-hybridized carbons (Fsp3) is 0.500. The van der Waals surface area contributed by atoms with Gasteiger partial charge in [0.1, 0.15) is 12.4 Å². The molecule has 7 heteroatoms. The molecule has 1 heterocycles. The van der Waals surface area contributed by atoms with Gasteiger partial charge in [-0.3, -0.25) is 9.67 Å². The minimum absolute atomic E-state index is 0.546. The predicted molar refractivity (Wildman–Crippen MR) is 108 cm³/mol. The molecular formula is C20H31N5O2. The molecule has 0 saturated carbocycles. The van der Waals surface area contributed by atoms with Crippen LogP contribution in [0.4, 0.5) is 0 Å². The molecule has 0 aliphatic rings. The van der Waals surface area contributed by atoms with E-state index in [0.717, 1.165) is 36.8 Å². The first-order valence-electron chi connectivity index (χ1n) is 9.45. The Morgan fingerprint density at radius 2 is 2.15 bits per heavy atom. The van der Waals surface area contributed by atoms with E-state index >= 15 is 0 Å². The molecule has 1 aromatic carbocycles. The van der Waals surface area contributed by atoms with E-state index in [4.69, 9.17) is 9.47 Å². The molecule has 148 valence electrons. The first kappa shape index (κ1) is 20.8. The van der Waals surface area contributed by atoms with Crippen molar-refractivity contribution in [2.45, 2.75) is 33.4 Å². The van der Waals surface area contributed by atoms with Crippen LogP contribution in [0.5, 0.6) is 5.75 Å². The van der Waals surface area contributed by atoms with Crippen LogP contribution < -0.4 is 15.4 Å². The van der Waals surface area contributed by atoms with Gasteiger partial charge in [-0.2, -0.15) is 5.10 Å². The number of nitrogens with one attached hydrogen (secondary N) is 2. The first-order chi connectivity index (χ1) is 13.2. The molecule has 2 aromatic rings. The highest BCUT2D eigenvalue weighted by Gasteiger charge is 2.06. The topological polar surface area (TPSA) is 72.7 Å². The molecule has 0 aliphatic heterocycles. The minimum Gasteiger partial charge on any atom is -0.491 e. The van der Waals surface area contributed by atoms with Crippen molar-refractivity contribution >= 4 is 5.96 Å². The number of benzene rings is 1. The minimum atomic E-state index is 0.546. The zero-order chi connectivity index (χ0) is 19.3. The Balaban J connectivity index is 1.78. The second-order valence-corrected chi connectivity index (χ2v) is 6.13. The molecule has 0 bridgehead atoms. The summed E-state index contributed by atoms with van der Waals surface area (Å²) in [5.41, 5.74) is 2.27. The van der Waals surface area contributed by atoms with Gasteiger partial charge in [-0.15, -0.1) is 0 Å². The average molecular weight is 374 g/mol. The Labute approximate surface area is 161 Å². The number of ether oxygens (including phenoxy) is 2. The monoisotopic (exact) mass is 373 g/mol. The Kier molecular flexibility index (Phi) is 9.20. The van der Waals surface area contributed by atoms with E-state index in [1.165, 1.54) is 5.56 Å². The van der Waals surface area contributed by atoms with Crippen molar-refractivity contribution in [1.29, 1.82) is 0 Å². The van der Waals surface area contributed by atoms with Gasteiger partial charge in [0.25, 0.3) is 0 Å². The van der Waals surface area contributed by atoms with Crippen molar-refractivity contribution in [3.8, 4) is 5.75 Å². The molecule has 27 heavy (non-hydrogen) atoms. The Morgan fingerprint density at radius 3 is 2.89 bits per heavy atom. The summed E-state index contributed by atoms with van der Waals surface area (Å²) in [6, 6.07) is 8.17. The third-order valence-corrected chi connectivity index (χ3v) is 4.00. The standard InChI is InChI=1S/C20H31N5O2/c1-4-26-13-14-27-19-15-17(2)7-8-18(19)16-23-20(21-3)22-9-5-11-25-12-6-10-24-25/h6-8,10,12,15H,4-5,9,11,13-14,16H2,1-3H3,(H2,21,22,23). The largest absolute Gasteiger partial charge is 0.491 e. The van der Waals surface area contributed by atoms with Crippen molar-refractivity contribution in [2.75, 3.05) is 33.4 Å². The quantitative estimate of drug-likeness (QED) is 0.359. The van der Waals surface area contributed by atoms with E-state index < -0.39 is 0 Å². The maximum Gasteiger partial charge on any atom is 0.191 e. The van der Waals surface area contributed by atoms with Crippen molar-refractivity contribution in [3.05, 3.63) is 47.8 Å². The number of guanidine groups is 1. The maximum atomic E-state index is 5.89. The number of aliphatic imine (C=N–C) groups is 1. The van der Waals surface area contributed by atoms with Crippen molar-refractivity contribution in [2.24, 2.45) is 4.99 Å². The highest BCUT2D eigenvalue weighted by atomic mass is 16.5. The summed E-state index contributed by atoms with van der Waals surface area (Å²) in [6.07, 6.45) is 4.74. The van der Waals surface area contributed by atoms with Gasteiger partial charge in [0, 0.05) is 51.2 Å². The van der Waals surface area contributed by atoms with Crippen LogP contribution in [0.15, 0.2) is 41.7 Å². The summed E-state index contributed by atoms with van der Waals surface area (Å²) >= 11 is 0. The van der Waals surface area contributed by atoms with Crippen molar-refractivity contribution in [3.63, 3.8) is 0 Å². The smallest absolute Gasteiger partial charge is 0.191 e. The number of aromatic nitrogens is 2. The highest BCUT2D eigenvalue weighted by Crippen LogP contribution is 2.20. The SMILES string of the molecule is CCOCCOc1cc(C)ccc1CNC(=NC)NCCCn1cccn1. The van der Waals surface area contributed by atoms with Crippen LogP contribution in [0.1, 0.15) is 24.5 Å². The molecule has 0 unspecified atom stereocenters. The van der Waals surface area contributed by atoms with Gasteiger partial charge in [0.15, 0.2) is 5.96 Å². The second kappa shape index (κ2) is 12.0. The van der Waals surface area contributed by atoms with Gasteiger partial charge in [-0.05, 0) is 38.0 Å². The molecule has 0 saturated heterocycles. The van der Waals surface area contributed by atoms with Gasteiger partial charge < -0.3 is 20.1 Å². The Morgan fingerprint density at radius 1 is 1.26 bits per heavy atom. The Hall–Kier alpha value is -2.54. The lowest BCUT2D eigenvalue weighted by Gasteiger charge is -2.15. The van der Waals surface area contributed by atoms with Gasteiger partial charge in [-0.1, -0.05) is 12.1 Å². The Bertz CT molecular complexity index is 686. The molecule has 7 nitrogen and oxygen atoms in total. The summed E-state index contributed by atoms with van der Waals surface area (Å²) in [7, 11) is 1.78. The summed E-state index contributed by atoms with van der Waals surface area (Å²) in [4.78, 5) is 4.28. The maximum absolute atomic E-state index is 5.89. The summed E-state index contributed by atoms with van der Waals surface area (Å²) in [5.74, 6) is 1.66. The van der Waals surface area contributed by atoms with E-state index in [9.17, 15) is 0 Å². The van der Waals surface area contributed by atoms with Crippen LogP contribution in [0.25, 0.3) is 0 Å². The zero-order valence-corrected chi connectivity index (χ0v) is 16.6. The van der Waals surface area contributed by atoms with Gasteiger partial charge >= 0.3 is 0 Å². The van der Waals surface area contributed by atoms with Crippen LogP contribution in [0.2, 0.25) is 0 Å². The van der Waals surface area contributed by atoms with E-state index in [-0.39, 0.29) is 0 Å². The first-order valence-corrected chi connectivity index (χ1v) is 9.45. The average Bonchev–Trinajstić information content (AvgIpc) is 3.19. The van der Waals surface area contributed by atoms with E-state index in [0.29, 0.717) is 26.4 Å². The summed E-state index contributed by atoms with van der Waals surface area (Å²) in [5, 5.41) is 10.9. The molecular weight excluding hydrogens is 342 g/mol. The normalized spacial score (nSPS) is 11.4. The summed E-state index contributed by atoms with van der Waals surface area (Å²) < 4.78 is 13.2. The lowest BCUT2D eigenvalue weighted by Crippen LogP contribution is -2.37. The summed E-state index contributed by atoms with van der Waals surface area (Å²) in [6.45, 7) is 8.23. The van der Waals surface area contributed by atoms with E-state index in [1.54, 1.807) is 13.2 Å². The van der Waals surface area contributed by atoms with Crippen molar-refractivity contribution < 1.29 is 9.47 Å². The molecule has 2 rings (SSSR count). The number of nitrogens with zero attached hydrogens (tertiary/aromatic N) is 3. The number of hydrogen-bond donors (Lipinski definition) is 2. The highest BCUT2D eigenvalue weighted by molar-refractivity contribution is 5.79. The molecule has 0 atom stereocenters. The van der Waals surface area contributed by atoms with Gasteiger partial charge in [0.05, 0.1) is 6.61 Å². The predicted octanol–water partition coefficient (Wildman–Crippen LogP) is 2.36. The van der Waals surface area contributed by atoms with Crippen LogP contribution >= 0.6 is 0 Å². The second-order valence-electron chi connectivity index (χ2n) is 6.13.